The number of hydrogen-bond donors (Lipinski definition) is 1. The maximum absolute atomic E-state index is 5.98. The van der Waals surface area contributed by atoms with Gasteiger partial charge in [0.25, 0.3) is 0 Å². The third-order valence-corrected chi connectivity index (χ3v) is 3.51. The molecule has 0 aliphatic carbocycles. The lowest BCUT2D eigenvalue weighted by Gasteiger charge is -2.20. The van der Waals surface area contributed by atoms with Crippen LogP contribution in [0.15, 0.2) is 24.3 Å². The molecule has 1 aromatic carbocycles. The average molecular weight is 277 g/mol. The van der Waals surface area contributed by atoms with Crippen molar-refractivity contribution in [3.63, 3.8) is 0 Å². The van der Waals surface area contributed by atoms with Crippen molar-refractivity contribution in [3.8, 4) is 5.75 Å². The zero-order chi connectivity index (χ0) is 14.8. The van der Waals surface area contributed by atoms with E-state index in [1.165, 1.54) is 31.2 Å². The van der Waals surface area contributed by atoms with Crippen LogP contribution < -0.4 is 10.1 Å². The van der Waals surface area contributed by atoms with Crippen LogP contribution in [0.3, 0.4) is 0 Å². The number of rotatable bonds is 10. The number of ether oxygens (including phenoxy) is 1. The summed E-state index contributed by atoms with van der Waals surface area (Å²) < 4.78 is 5.98. The second kappa shape index (κ2) is 9.82. The first-order valence-corrected chi connectivity index (χ1v) is 8.14. The van der Waals surface area contributed by atoms with E-state index in [4.69, 9.17) is 4.74 Å². The molecule has 1 aromatic rings. The van der Waals surface area contributed by atoms with Gasteiger partial charge in [-0.3, -0.25) is 0 Å². The van der Waals surface area contributed by atoms with Gasteiger partial charge in [0, 0.05) is 6.04 Å². The summed E-state index contributed by atoms with van der Waals surface area (Å²) in [5.74, 6) is 0.987. The van der Waals surface area contributed by atoms with Crippen molar-refractivity contribution in [3.05, 3.63) is 29.8 Å². The lowest BCUT2D eigenvalue weighted by molar-refractivity contribution is 0.196. The topological polar surface area (TPSA) is 21.3 Å². The van der Waals surface area contributed by atoms with Gasteiger partial charge in [-0.2, -0.15) is 0 Å². The minimum Gasteiger partial charge on any atom is -0.491 e. The highest BCUT2D eigenvalue weighted by molar-refractivity contribution is 5.27. The Hall–Kier alpha value is -1.02. The Bertz CT molecular complexity index is 347. The molecule has 0 aromatic heterocycles. The van der Waals surface area contributed by atoms with Gasteiger partial charge in [-0.05, 0) is 63.8 Å². The summed E-state index contributed by atoms with van der Waals surface area (Å²) in [4.78, 5) is 0. The van der Waals surface area contributed by atoms with Gasteiger partial charge in [0.05, 0.1) is 6.10 Å². The summed E-state index contributed by atoms with van der Waals surface area (Å²) in [6.45, 7) is 9.88. The van der Waals surface area contributed by atoms with Gasteiger partial charge in [-0.25, -0.2) is 0 Å². The van der Waals surface area contributed by atoms with E-state index in [2.05, 4.69) is 57.3 Å². The Morgan fingerprint density at radius 3 is 2.35 bits per heavy atom. The normalized spacial score (nSPS) is 14.0. The van der Waals surface area contributed by atoms with E-state index < -0.39 is 0 Å². The van der Waals surface area contributed by atoms with Gasteiger partial charge < -0.3 is 10.1 Å². The SMILES string of the molecule is CCCCc1ccc(OC(C)CC(C)NCCC)cc1. The Morgan fingerprint density at radius 2 is 1.75 bits per heavy atom. The summed E-state index contributed by atoms with van der Waals surface area (Å²) in [5, 5.41) is 3.50. The molecular formula is C18H31NO. The van der Waals surface area contributed by atoms with Gasteiger partial charge in [-0.1, -0.05) is 32.4 Å². The molecule has 0 saturated carbocycles. The van der Waals surface area contributed by atoms with Crippen LogP contribution in [-0.2, 0) is 6.42 Å². The molecule has 0 bridgehead atoms. The van der Waals surface area contributed by atoms with Gasteiger partial charge in [0.15, 0.2) is 0 Å². The van der Waals surface area contributed by atoms with Gasteiger partial charge in [0.2, 0.25) is 0 Å². The van der Waals surface area contributed by atoms with Crippen LogP contribution in [0.4, 0.5) is 0 Å². The van der Waals surface area contributed by atoms with Gasteiger partial charge in [0.1, 0.15) is 5.75 Å². The van der Waals surface area contributed by atoms with Crippen LogP contribution in [0.2, 0.25) is 0 Å². The minimum absolute atomic E-state index is 0.246. The third kappa shape index (κ3) is 6.95. The lowest BCUT2D eigenvalue weighted by atomic mass is 10.1. The van der Waals surface area contributed by atoms with E-state index in [0.717, 1.165) is 18.7 Å². The van der Waals surface area contributed by atoms with Crippen molar-refractivity contribution in [1.29, 1.82) is 0 Å². The van der Waals surface area contributed by atoms with Crippen molar-refractivity contribution >= 4 is 0 Å². The van der Waals surface area contributed by atoms with Crippen LogP contribution in [0, 0.1) is 0 Å². The quantitative estimate of drug-likeness (QED) is 0.676. The molecule has 0 aliphatic rings. The predicted molar refractivity (Wildman–Crippen MR) is 87.5 cm³/mol. The standard InChI is InChI=1S/C18H31NO/c1-5-7-8-17-9-11-18(12-10-17)20-16(4)14-15(3)19-13-6-2/h9-12,15-16,19H,5-8,13-14H2,1-4H3. The zero-order valence-corrected chi connectivity index (χ0v) is 13.6. The molecule has 2 unspecified atom stereocenters. The second-order valence-corrected chi connectivity index (χ2v) is 5.77. The van der Waals surface area contributed by atoms with E-state index >= 15 is 0 Å². The van der Waals surface area contributed by atoms with Crippen LogP contribution in [-0.4, -0.2) is 18.7 Å². The lowest BCUT2D eigenvalue weighted by Crippen LogP contribution is -2.31. The van der Waals surface area contributed by atoms with E-state index in [0.29, 0.717) is 6.04 Å². The van der Waals surface area contributed by atoms with Crippen molar-refractivity contribution in [2.45, 2.75) is 71.9 Å². The number of unbranched alkanes of at least 4 members (excludes halogenated alkanes) is 1. The average Bonchev–Trinajstić information content (AvgIpc) is 2.44. The molecule has 0 aliphatic heterocycles. The number of hydrogen-bond acceptors (Lipinski definition) is 2. The van der Waals surface area contributed by atoms with Crippen molar-refractivity contribution < 1.29 is 4.74 Å². The largest absolute Gasteiger partial charge is 0.491 e. The molecular weight excluding hydrogens is 246 g/mol. The van der Waals surface area contributed by atoms with E-state index in [9.17, 15) is 0 Å². The second-order valence-electron chi connectivity index (χ2n) is 5.77. The van der Waals surface area contributed by atoms with Gasteiger partial charge in [-0.15, -0.1) is 0 Å². The fourth-order valence-electron chi connectivity index (χ4n) is 2.37. The van der Waals surface area contributed by atoms with Crippen molar-refractivity contribution in [2.24, 2.45) is 0 Å². The summed E-state index contributed by atoms with van der Waals surface area (Å²) in [6.07, 6.45) is 6.14. The Kier molecular flexibility index (Phi) is 8.36. The molecule has 0 fully saturated rings. The van der Waals surface area contributed by atoms with Gasteiger partial charge >= 0.3 is 0 Å². The molecule has 2 nitrogen and oxygen atoms in total. The maximum atomic E-state index is 5.98. The molecule has 1 rings (SSSR count). The number of nitrogens with one attached hydrogen (secondary N) is 1. The molecule has 0 heterocycles. The Balaban J connectivity index is 2.35. The van der Waals surface area contributed by atoms with E-state index in [1.54, 1.807) is 0 Å². The number of benzene rings is 1. The first-order valence-electron chi connectivity index (χ1n) is 8.14. The van der Waals surface area contributed by atoms with Crippen LogP contribution in [0.25, 0.3) is 0 Å². The fraction of sp³-hybridized carbons (Fsp3) is 0.667. The molecule has 2 heteroatoms. The molecule has 114 valence electrons. The molecule has 1 N–H and O–H groups in total. The molecule has 2 atom stereocenters. The Labute approximate surface area is 124 Å². The summed E-state index contributed by atoms with van der Waals surface area (Å²) >= 11 is 0. The minimum atomic E-state index is 0.246. The first-order chi connectivity index (χ1) is 9.65. The summed E-state index contributed by atoms with van der Waals surface area (Å²) in [5.41, 5.74) is 1.41. The van der Waals surface area contributed by atoms with Crippen LogP contribution in [0.5, 0.6) is 5.75 Å². The van der Waals surface area contributed by atoms with Crippen LogP contribution in [0.1, 0.15) is 58.9 Å². The highest BCUT2D eigenvalue weighted by Gasteiger charge is 2.09. The monoisotopic (exact) mass is 277 g/mol. The molecule has 0 saturated heterocycles. The van der Waals surface area contributed by atoms with Crippen molar-refractivity contribution in [2.75, 3.05) is 6.54 Å². The summed E-state index contributed by atoms with van der Waals surface area (Å²) in [7, 11) is 0. The predicted octanol–water partition coefficient (Wildman–Crippen LogP) is 4.57. The maximum Gasteiger partial charge on any atom is 0.119 e. The van der Waals surface area contributed by atoms with E-state index in [-0.39, 0.29) is 6.10 Å². The highest BCUT2D eigenvalue weighted by Crippen LogP contribution is 2.16. The summed E-state index contributed by atoms with van der Waals surface area (Å²) in [6, 6.07) is 9.10. The third-order valence-electron chi connectivity index (χ3n) is 3.51. The first kappa shape index (κ1) is 17.0. The molecule has 0 amide bonds. The van der Waals surface area contributed by atoms with Crippen LogP contribution >= 0.6 is 0 Å². The number of aryl methyl sites for hydroxylation is 1. The smallest absolute Gasteiger partial charge is 0.119 e. The molecule has 0 spiro atoms. The Morgan fingerprint density at radius 1 is 1.05 bits per heavy atom. The molecule has 0 radical (unpaired) electrons. The van der Waals surface area contributed by atoms with E-state index in [1.807, 2.05) is 0 Å². The van der Waals surface area contributed by atoms with Crippen molar-refractivity contribution in [1.82, 2.24) is 5.32 Å². The fourth-order valence-corrected chi connectivity index (χ4v) is 2.37. The zero-order valence-electron chi connectivity index (χ0n) is 13.6. The highest BCUT2D eigenvalue weighted by atomic mass is 16.5. The molecule has 20 heavy (non-hydrogen) atoms.